The average Bonchev–Trinajstić information content (AvgIpc) is 3.51. The second kappa shape index (κ2) is 16.3. The molecule has 0 fully saturated rings. The molecular formula is C38H38N4O4S. The molecule has 0 radical (unpaired) electrons. The molecular weight excluding hydrogens is 609 g/mol. The van der Waals surface area contributed by atoms with E-state index in [1.165, 1.54) is 11.8 Å². The van der Waals surface area contributed by atoms with Crippen LogP contribution in [0.4, 0.5) is 11.4 Å². The maximum atomic E-state index is 13.7. The van der Waals surface area contributed by atoms with Crippen LogP contribution in [0.15, 0.2) is 120 Å². The molecule has 1 unspecified atom stereocenters. The molecule has 240 valence electrons. The van der Waals surface area contributed by atoms with Gasteiger partial charge in [0.25, 0.3) is 11.8 Å². The molecule has 0 aliphatic heterocycles. The summed E-state index contributed by atoms with van der Waals surface area (Å²) in [5.41, 5.74) is 3.44. The number of carbonyl (C=O) groups is 3. The molecule has 4 aromatic carbocycles. The molecule has 3 amide bonds. The predicted molar refractivity (Wildman–Crippen MR) is 191 cm³/mol. The molecule has 5 rings (SSSR count). The number of unbranched alkanes of at least 4 members (excludes halogenated alkanes) is 1. The Morgan fingerprint density at radius 2 is 1.62 bits per heavy atom. The van der Waals surface area contributed by atoms with E-state index in [0.29, 0.717) is 30.0 Å². The van der Waals surface area contributed by atoms with Gasteiger partial charge in [0, 0.05) is 44.5 Å². The fraction of sp³-hybridized carbons (Fsp3) is 0.184. The molecule has 1 heterocycles. The first-order valence-electron chi connectivity index (χ1n) is 15.7. The number of nitrogens with one attached hydrogen (secondary N) is 4. The summed E-state index contributed by atoms with van der Waals surface area (Å²) < 4.78 is 5.72. The van der Waals surface area contributed by atoms with Gasteiger partial charge in [-0.15, -0.1) is 11.8 Å². The summed E-state index contributed by atoms with van der Waals surface area (Å²) in [5, 5.41) is 9.29. The highest BCUT2D eigenvalue weighted by atomic mass is 32.2. The van der Waals surface area contributed by atoms with E-state index in [4.69, 9.17) is 4.74 Å². The van der Waals surface area contributed by atoms with E-state index in [2.05, 4.69) is 27.9 Å². The molecule has 0 bridgehead atoms. The van der Waals surface area contributed by atoms with Gasteiger partial charge in [-0.25, -0.2) is 0 Å². The van der Waals surface area contributed by atoms with E-state index in [1.807, 2.05) is 79.7 Å². The van der Waals surface area contributed by atoms with Crippen LogP contribution in [-0.4, -0.2) is 34.6 Å². The lowest BCUT2D eigenvalue weighted by Gasteiger charge is -2.16. The molecule has 9 heteroatoms. The van der Waals surface area contributed by atoms with E-state index in [0.717, 1.165) is 40.0 Å². The molecule has 47 heavy (non-hydrogen) atoms. The molecule has 0 saturated carbocycles. The lowest BCUT2D eigenvalue weighted by molar-refractivity contribution is -0.116. The summed E-state index contributed by atoms with van der Waals surface area (Å²) in [7, 11) is 0. The van der Waals surface area contributed by atoms with Gasteiger partial charge in [-0.1, -0.05) is 62.7 Å². The minimum Gasteiger partial charge on any atom is -0.494 e. The van der Waals surface area contributed by atoms with Crippen LogP contribution in [0.25, 0.3) is 17.0 Å². The van der Waals surface area contributed by atoms with Crippen molar-refractivity contribution in [2.45, 2.75) is 43.3 Å². The van der Waals surface area contributed by atoms with E-state index >= 15 is 0 Å². The molecule has 0 saturated heterocycles. The van der Waals surface area contributed by atoms with Crippen LogP contribution in [0.2, 0.25) is 0 Å². The number of benzene rings is 4. The van der Waals surface area contributed by atoms with E-state index in [1.54, 1.807) is 42.6 Å². The topological polar surface area (TPSA) is 112 Å². The number of rotatable bonds is 14. The van der Waals surface area contributed by atoms with Crippen molar-refractivity contribution < 1.29 is 19.1 Å². The third kappa shape index (κ3) is 9.14. The molecule has 4 N–H and O–H groups in total. The minimum absolute atomic E-state index is 0.0919. The monoisotopic (exact) mass is 646 g/mol. The Morgan fingerprint density at radius 1 is 0.851 bits per heavy atom. The van der Waals surface area contributed by atoms with Crippen LogP contribution in [0, 0.1) is 0 Å². The minimum atomic E-state index is -0.478. The van der Waals surface area contributed by atoms with Crippen molar-refractivity contribution in [2.24, 2.45) is 0 Å². The Hall–Kier alpha value is -5.28. The summed E-state index contributed by atoms with van der Waals surface area (Å²) in [6, 6.07) is 31.2. The van der Waals surface area contributed by atoms with Gasteiger partial charge in [0.05, 0.1) is 11.9 Å². The summed E-state index contributed by atoms with van der Waals surface area (Å²) in [6.07, 6.45) is 6.13. The molecule has 0 aliphatic rings. The summed E-state index contributed by atoms with van der Waals surface area (Å²) in [5.74, 6) is -0.213. The van der Waals surface area contributed by atoms with Crippen LogP contribution in [0.1, 0.15) is 49.0 Å². The number of hydrogen-bond donors (Lipinski definition) is 4. The predicted octanol–water partition coefficient (Wildman–Crippen LogP) is 8.27. The van der Waals surface area contributed by atoms with Gasteiger partial charge in [-0.05, 0) is 79.6 Å². The van der Waals surface area contributed by atoms with Crippen molar-refractivity contribution in [1.82, 2.24) is 10.3 Å². The maximum Gasteiger partial charge on any atom is 0.272 e. The lowest BCUT2D eigenvalue weighted by atomic mass is 10.1. The fourth-order valence-corrected chi connectivity index (χ4v) is 5.85. The van der Waals surface area contributed by atoms with Gasteiger partial charge in [-0.2, -0.15) is 0 Å². The van der Waals surface area contributed by atoms with Crippen LogP contribution in [0.3, 0.4) is 0 Å². The van der Waals surface area contributed by atoms with Crippen LogP contribution in [-0.2, 0) is 9.59 Å². The Morgan fingerprint density at radius 3 is 2.38 bits per heavy atom. The Kier molecular flexibility index (Phi) is 11.5. The molecule has 0 spiro atoms. The largest absolute Gasteiger partial charge is 0.494 e. The quantitative estimate of drug-likeness (QED) is 0.0551. The molecule has 5 aromatic rings. The number of fused-ring (bicyclic) bond motifs is 1. The van der Waals surface area contributed by atoms with E-state index in [-0.39, 0.29) is 16.9 Å². The first-order valence-corrected chi connectivity index (χ1v) is 16.6. The first kappa shape index (κ1) is 33.1. The standard InChI is InChI=1S/C38H38N4O4S/c1-3-5-22-46-30-20-18-28(19-21-30)40-38(45)35(4-2)47-31-15-11-14-29(24-31)41-37(44)34(42-36(43)26-12-7-6-8-13-26)23-27-25-39-33-17-10-9-16-32(27)33/h6-21,23-25,35,39H,3-5,22H2,1-2H3,(H,40,45)(H,41,44)(H,42,43)/b34-23-. The molecule has 8 nitrogen and oxygen atoms in total. The summed E-state index contributed by atoms with van der Waals surface area (Å²) >= 11 is 1.42. The summed E-state index contributed by atoms with van der Waals surface area (Å²) in [4.78, 5) is 43.9. The fourth-order valence-electron chi connectivity index (χ4n) is 4.83. The van der Waals surface area contributed by atoms with Crippen LogP contribution in [0.5, 0.6) is 5.75 Å². The zero-order chi connectivity index (χ0) is 33.0. The number of aromatic nitrogens is 1. The number of H-pyrrole nitrogens is 1. The van der Waals surface area contributed by atoms with Gasteiger partial charge in [0.2, 0.25) is 5.91 Å². The van der Waals surface area contributed by atoms with Gasteiger partial charge in [-0.3, -0.25) is 14.4 Å². The van der Waals surface area contributed by atoms with Crippen molar-refractivity contribution in [2.75, 3.05) is 17.2 Å². The van der Waals surface area contributed by atoms with E-state index < -0.39 is 11.8 Å². The zero-order valence-electron chi connectivity index (χ0n) is 26.4. The summed E-state index contributed by atoms with van der Waals surface area (Å²) in [6.45, 7) is 4.75. The highest BCUT2D eigenvalue weighted by Gasteiger charge is 2.20. The maximum absolute atomic E-state index is 13.7. The number of hydrogen-bond acceptors (Lipinski definition) is 5. The van der Waals surface area contributed by atoms with E-state index in [9.17, 15) is 14.4 Å². The first-order chi connectivity index (χ1) is 22.9. The number of para-hydroxylation sites is 1. The van der Waals surface area contributed by atoms with Crippen molar-refractivity contribution in [1.29, 1.82) is 0 Å². The van der Waals surface area contributed by atoms with Crippen molar-refractivity contribution in [3.63, 3.8) is 0 Å². The van der Waals surface area contributed by atoms with Crippen molar-refractivity contribution in [3.05, 3.63) is 126 Å². The van der Waals surface area contributed by atoms with Crippen molar-refractivity contribution in [3.8, 4) is 5.75 Å². The number of aromatic amines is 1. The third-order valence-corrected chi connectivity index (χ3v) is 8.73. The van der Waals surface area contributed by atoms with Gasteiger partial charge >= 0.3 is 0 Å². The molecule has 1 aromatic heterocycles. The second-order valence-electron chi connectivity index (χ2n) is 10.9. The normalized spacial score (nSPS) is 11.9. The van der Waals surface area contributed by atoms with Crippen molar-refractivity contribution >= 4 is 57.8 Å². The highest BCUT2D eigenvalue weighted by molar-refractivity contribution is 8.00. The second-order valence-corrected chi connectivity index (χ2v) is 12.2. The number of carbonyl (C=O) groups excluding carboxylic acids is 3. The Bertz CT molecular complexity index is 1850. The lowest BCUT2D eigenvalue weighted by Crippen LogP contribution is -2.30. The third-order valence-electron chi connectivity index (χ3n) is 7.37. The number of ether oxygens (including phenoxy) is 1. The highest BCUT2D eigenvalue weighted by Crippen LogP contribution is 2.29. The smallest absolute Gasteiger partial charge is 0.272 e. The Balaban J connectivity index is 1.28. The molecule has 1 atom stereocenters. The zero-order valence-corrected chi connectivity index (χ0v) is 27.2. The van der Waals surface area contributed by atoms with Crippen LogP contribution < -0.4 is 20.7 Å². The Labute approximate surface area is 279 Å². The van der Waals surface area contributed by atoms with Crippen LogP contribution >= 0.6 is 11.8 Å². The van der Waals surface area contributed by atoms with Gasteiger partial charge in [0.1, 0.15) is 11.4 Å². The number of amides is 3. The molecule has 0 aliphatic carbocycles. The number of thioether (sulfide) groups is 1. The average molecular weight is 647 g/mol. The van der Waals surface area contributed by atoms with Gasteiger partial charge in [0.15, 0.2) is 0 Å². The SMILES string of the molecule is CCCCOc1ccc(NC(=O)C(CC)Sc2cccc(NC(=O)/C(=C/c3c[nH]c4ccccc34)NC(=O)c3ccccc3)c2)cc1. The van der Waals surface area contributed by atoms with Gasteiger partial charge < -0.3 is 25.7 Å². The number of anilines is 2.